The molecule has 1 aliphatic heterocycles. The summed E-state index contributed by atoms with van der Waals surface area (Å²) >= 11 is 0. The molecule has 1 N–H and O–H groups in total. The molecular weight excluding hydrogens is 407 g/mol. The number of rotatable bonds is 6. The Bertz CT molecular complexity index is 1010. The summed E-state index contributed by atoms with van der Waals surface area (Å²) in [7, 11) is 0. The van der Waals surface area contributed by atoms with Gasteiger partial charge in [0.2, 0.25) is 0 Å². The lowest BCUT2D eigenvalue weighted by atomic mass is 10.0. The minimum atomic E-state index is -4.34. The Morgan fingerprint density at radius 2 is 1.90 bits per heavy atom. The van der Waals surface area contributed by atoms with Crippen molar-refractivity contribution in [3.8, 4) is 5.75 Å². The Labute approximate surface area is 178 Å². The molecule has 0 aliphatic carbocycles. The zero-order chi connectivity index (χ0) is 22.0. The van der Waals surface area contributed by atoms with Crippen LogP contribution in [0.25, 0.3) is 0 Å². The predicted molar refractivity (Wildman–Crippen MR) is 110 cm³/mol. The number of nitrogens with zero attached hydrogens (tertiary/aromatic N) is 4. The summed E-state index contributed by atoms with van der Waals surface area (Å²) in [6.45, 7) is 5.99. The van der Waals surface area contributed by atoms with Crippen LogP contribution >= 0.6 is 0 Å². The predicted octanol–water partition coefficient (Wildman–Crippen LogP) is 4.45. The number of benzene rings is 1. The molecular formula is C22H24F3N5O. The van der Waals surface area contributed by atoms with Crippen LogP contribution in [-0.4, -0.2) is 39.9 Å². The van der Waals surface area contributed by atoms with E-state index in [4.69, 9.17) is 4.74 Å². The second-order valence-electron chi connectivity index (χ2n) is 7.78. The molecule has 4 rings (SSSR count). The number of anilines is 1. The number of hydrogen-bond acceptors (Lipinski definition) is 5. The summed E-state index contributed by atoms with van der Waals surface area (Å²) in [5, 5.41) is 7.51. The van der Waals surface area contributed by atoms with E-state index in [1.807, 2.05) is 26.0 Å². The largest absolute Gasteiger partial charge is 0.493 e. The summed E-state index contributed by atoms with van der Waals surface area (Å²) in [6, 6.07) is 8.77. The molecule has 1 fully saturated rings. The third-order valence-electron chi connectivity index (χ3n) is 5.36. The number of aromatic nitrogens is 4. The molecule has 0 unspecified atom stereocenters. The molecule has 0 saturated carbocycles. The third kappa shape index (κ3) is 5.15. The van der Waals surface area contributed by atoms with Gasteiger partial charge in [0.05, 0.1) is 17.9 Å². The zero-order valence-electron chi connectivity index (χ0n) is 17.4. The average molecular weight is 431 g/mol. The monoisotopic (exact) mass is 431 g/mol. The highest BCUT2D eigenvalue weighted by Crippen LogP contribution is 2.31. The maximum absolute atomic E-state index is 12.6. The van der Waals surface area contributed by atoms with Gasteiger partial charge in [-0.2, -0.15) is 18.3 Å². The number of halogens is 3. The molecule has 9 heteroatoms. The number of H-pyrrole nitrogens is 1. The van der Waals surface area contributed by atoms with E-state index in [2.05, 4.69) is 25.1 Å². The van der Waals surface area contributed by atoms with Crippen molar-refractivity contribution in [1.29, 1.82) is 0 Å². The van der Waals surface area contributed by atoms with Crippen molar-refractivity contribution >= 4 is 5.82 Å². The van der Waals surface area contributed by atoms with E-state index in [0.717, 1.165) is 60.4 Å². The summed E-state index contributed by atoms with van der Waals surface area (Å²) < 4.78 is 43.4. The molecule has 0 spiro atoms. The second kappa shape index (κ2) is 8.56. The van der Waals surface area contributed by atoms with Crippen molar-refractivity contribution in [2.75, 3.05) is 24.6 Å². The highest BCUT2D eigenvalue weighted by atomic mass is 19.4. The quantitative estimate of drug-likeness (QED) is 0.625. The topological polar surface area (TPSA) is 66.9 Å². The van der Waals surface area contributed by atoms with E-state index in [1.165, 1.54) is 12.1 Å². The van der Waals surface area contributed by atoms with E-state index < -0.39 is 11.7 Å². The molecule has 164 valence electrons. The Hall–Kier alpha value is -3.10. The molecule has 1 aromatic carbocycles. The van der Waals surface area contributed by atoms with Crippen molar-refractivity contribution in [2.24, 2.45) is 0 Å². The highest BCUT2D eigenvalue weighted by molar-refractivity contribution is 5.42. The van der Waals surface area contributed by atoms with Crippen molar-refractivity contribution < 1.29 is 17.9 Å². The SMILES string of the molecule is Cc1cc(N2CC[C@@H](c3cc(CCOc4ccc(C(F)(F)F)cc4)[nH]n3)C2)nc(C)n1. The Morgan fingerprint density at radius 1 is 1.13 bits per heavy atom. The Kier molecular flexibility index (Phi) is 5.84. The molecule has 0 radical (unpaired) electrons. The lowest BCUT2D eigenvalue weighted by molar-refractivity contribution is -0.137. The van der Waals surface area contributed by atoms with Crippen molar-refractivity contribution in [3.63, 3.8) is 0 Å². The van der Waals surface area contributed by atoms with Crippen LogP contribution in [0.2, 0.25) is 0 Å². The van der Waals surface area contributed by atoms with Gasteiger partial charge in [-0.05, 0) is 50.6 Å². The van der Waals surface area contributed by atoms with E-state index in [-0.39, 0.29) is 0 Å². The van der Waals surface area contributed by atoms with Crippen LogP contribution < -0.4 is 9.64 Å². The first-order chi connectivity index (χ1) is 14.8. The molecule has 3 heterocycles. The third-order valence-corrected chi connectivity index (χ3v) is 5.36. The van der Waals surface area contributed by atoms with Crippen molar-refractivity contribution in [1.82, 2.24) is 20.2 Å². The maximum Gasteiger partial charge on any atom is 0.416 e. The summed E-state index contributed by atoms with van der Waals surface area (Å²) in [5.41, 5.74) is 2.22. The first kappa shape index (κ1) is 21.1. The summed E-state index contributed by atoms with van der Waals surface area (Å²) in [4.78, 5) is 11.1. The van der Waals surface area contributed by atoms with Crippen molar-refractivity contribution in [2.45, 2.75) is 38.8 Å². The lowest BCUT2D eigenvalue weighted by Gasteiger charge is -2.17. The smallest absolute Gasteiger partial charge is 0.416 e. The molecule has 3 aromatic rings. The number of aryl methyl sites for hydroxylation is 2. The van der Waals surface area contributed by atoms with Crippen LogP contribution in [0.3, 0.4) is 0 Å². The van der Waals surface area contributed by atoms with Crippen LogP contribution in [0.1, 0.15) is 40.8 Å². The van der Waals surface area contributed by atoms with Gasteiger partial charge in [-0.25, -0.2) is 9.97 Å². The van der Waals surface area contributed by atoms with Gasteiger partial charge in [0.25, 0.3) is 0 Å². The summed E-state index contributed by atoms with van der Waals surface area (Å²) in [6.07, 6.45) is -2.75. The second-order valence-corrected chi connectivity index (χ2v) is 7.78. The zero-order valence-corrected chi connectivity index (χ0v) is 17.4. The molecule has 0 amide bonds. The van der Waals surface area contributed by atoms with Gasteiger partial charge in [0.15, 0.2) is 0 Å². The highest BCUT2D eigenvalue weighted by Gasteiger charge is 2.30. The van der Waals surface area contributed by atoms with Gasteiger partial charge in [-0.15, -0.1) is 0 Å². The van der Waals surface area contributed by atoms with Crippen LogP contribution in [0.4, 0.5) is 19.0 Å². The van der Waals surface area contributed by atoms with Crippen LogP contribution in [-0.2, 0) is 12.6 Å². The fourth-order valence-corrected chi connectivity index (χ4v) is 3.80. The van der Waals surface area contributed by atoms with Crippen LogP contribution in [0, 0.1) is 13.8 Å². The fraction of sp³-hybridized carbons (Fsp3) is 0.409. The number of alkyl halides is 3. The van der Waals surface area contributed by atoms with Gasteiger partial charge >= 0.3 is 6.18 Å². The first-order valence-corrected chi connectivity index (χ1v) is 10.2. The number of ether oxygens (including phenoxy) is 1. The minimum Gasteiger partial charge on any atom is -0.493 e. The van der Waals surface area contributed by atoms with E-state index >= 15 is 0 Å². The van der Waals surface area contributed by atoms with Gasteiger partial charge < -0.3 is 9.64 Å². The Balaban J connectivity index is 1.30. The normalized spacial score (nSPS) is 16.7. The lowest BCUT2D eigenvalue weighted by Crippen LogP contribution is -2.21. The molecule has 1 aliphatic rings. The van der Waals surface area contributed by atoms with Crippen molar-refractivity contribution in [3.05, 3.63) is 64.9 Å². The molecule has 6 nitrogen and oxygen atoms in total. The van der Waals surface area contributed by atoms with Gasteiger partial charge in [0.1, 0.15) is 17.4 Å². The first-order valence-electron chi connectivity index (χ1n) is 10.2. The minimum absolute atomic E-state index is 0.316. The van der Waals surface area contributed by atoms with E-state index in [1.54, 1.807) is 0 Å². The van der Waals surface area contributed by atoms with Gasteiger partial charge in [0, 0.05) is 42.9 Å². The molecule has 0 bridgehead atoms. The molecule has 31 heavy (non-hydrogen) atoms. The maximum atomic E-state index is 12.6. The van der Waals surface area contributed by atoms with E-state index in [0.29, 0.717) is 24.7 Å². The standard InChI is InChI=1S/C22H24F3N5O/c1-14-11-21(27-15(2)26-14)30-9-7-16(13-30)20-12-18(28-29-20)8-10-31-19-5-3-17(4-6-19)22(23,24)25/h3-6,11-12,16H,7-10,13H2,1-2H3,(H,28,29)/t16-/m1/s1. The number of aromatic amines is 1. The molecule has 1 atom stereocenters. The Morgan fingerprint density at radius 3 is 2.61 bits per heavy atom. The molecule has 2 aromatic heterocycles. The van der Waals surface area contributed by atoms with Crippen LogP contribution in [0.15, 0.2) is 36.4 Å². The average Bonchev–Trinajstić information content (AvgIpc) is 3.36. The molecule has 1 saturated heterocycles. The van der Waals surface area contributed by atoms with Gasteiger partial charge in [-0.3, -0.25) is 5.10 Å². The van der Waals surface area contributed by atoms with E-state index in [9.17, 15) is 13.2 Å². The number of nitrogens with one attached hydrogen (secondary N) is 1. The fourth-order valence-electron chi connectivity index (χ4n) is 3.80. The summed E-state index contributed by atoms with van der Waals surface area (Å²) in [5.74, 6) is 2.45. The van der Waals surface area contributed by atoms with Gasteiger partial charge in [-0.1, -0.05) is 0 Å². The van der Waals surface area contributed by atoms with Crippen LogP contribution in [0.5, 0.6) is 5.75 Å². The number of hydrogen-bond donors (Lipinski definition) is 1.